The van der Waals surface area contributed by atoms with E-state index in [1.165, 1.54) is 6.20 Å². The second-order valence-corrected chi connectivity index (χ2v) is 5.86. The van der Waals surface area contributed by atoms with Gasteiger partial charge in [-0.25, -0.2) is 0 Å². The van der Waals surface area contributed by atoms with Crippen LogP contribution in [0.4, 0.5) is 18.9 Å². The molecule has 0 radical (unpaired) electrons. The van der Waals surface area contributed by atoms with Crippen LogP contribution in [0.5, 0.6) is 0 Å². The van der Waals surface area contributed by atoms with Gasteiger partial charge in [0.2, 0.25) is 5.91 Å². The Bertz CT molecular complexity index is 913. The van der Waals surface area contributed by atoms with Gasteiger partial charge in [0.25, 0.3) is 0 Å². The topological polar surface area (TPSA) is 64.7 Å². The molecule has 0 unspecified atom stereocenters. The molecule has 0 bridgehead atoms. The molecule has 0 atom stereocenters. The van der Waals surface area contributed by atoms with E-state index in [0.717, 1.165) is 28.1 Å². The molecule has 2 aromatic heterocycles. The zero-order valence-electron chi connectivity index (χ0n) is 13.9. The third-order valence-corrected chi connectivity index (χ3v) is 3.58. The van der Waals surface area contributed by atoms with E-state index in [4.69, 9.17) is 0 Å². The van der Waals surface area contributed by atoms with Crippen molar-refractivity contribution in [2.45, 2.75) is 26.2 Å². The summed E-state index contributed by atoms with van der Waals surface area (Å²) in [7, 11) is 0. The fraction of sp³-hybridized carbons (Fsp3) is 0.235. The van der Waals surface area contributed by atoms with Crippen LogP contribution in [0.3, 0.4) is 0 Å². The van der Waals surface area contributed by atoms with E-state index >= 15 is 0 Å². The minimum atomic E-state index is -4.53. The molecule has 0 fully saturated rings. The maximum Gasteiger partial charge on any atom is 0.435 e. The lowest BCUT2D eigenvalue weighted by atomic mass is 10.1. The molecule has 1 aromatic carbocycles. The smallest absolute Gasteiger partial charge is 0.322 e. The van der Waals surface area contributed by atoms with E-state index in [0.29, 0.717) is 12.2 Å². The predicted octanol–water partition coefficient (Wildman–Crippen LogP) is 3.09. The molecule has 1 amide bonds. The van der Waals surface area contributed by atoms with Crippen molar-refractivity contribution >= 4 is 11.6 Å². The second-order valence-electron chi connectivity index (χ2n) is 5.86. The summed E-state index contributed by atoms with van der Waals surface area (Å²) < 4.78 is 40.1. The van der Waals surface area contributed by atoms with Gasteiger partial charge in [-0.2, -0.15) is 23.4 Å². The van der Waals surface area contributed by atoms with E-state index in [-0.39, 0.29) is 6.54 Å². The first-order valence-corrected chi connectivity index (χ1v) is 7.78. The first-order chi connectivity index (χ1) is 12.3. The molecule has 2 heterocycles. The minimum absolute atomic E-state index is 0.320. The number of nitrogens with one attached hydrogen (secondary N) is 1. The van der Waals surface area contributed by atoms with Gasteiger partial charge < -0.3 is 5.32 Å². The van der Waals surface area contributed by atoms with Gasteiger partial charge in [-0.15, -0.1) is 0 Å². The van der Waals surface area contributed by atoms with Crippen LogP contribution < -0.4 is 5.32 Å². The van der Waals surface area contributed by atoms with Crippen LogP contribution in [-0.2, 0) is 24.1 Å². The quantitative estimate of drug-likeness (QED) is 0.758. The normalized spacial score (nSPS) is 11.5. The van der Waals surface area contributed by atoms with Gasteiger partial charge in [-0.05, 0) is 18.6 Å². The summed E-state index contributed by atoms with van der Waals surface area (Å²) in [4.78, 5) is 12.0. The number of aryl methyl sites for hydroxylation is 1. The number of amides is 1. The van der Waals surface area contributed by atoms with Gasteiger partial charge in [-0.1, -0.05) is 29.8 Å². The monoisotopic (exact) mass is 363 g/mol. The van der Waals surface area contributed by atoms with Gasteiger partial charge in [0.15, 0.2) is 5.69 Å². The second kappa shape index (κ2) is 7.03. The van der Waals surface area contributed by atoms with Crippen molar-refractivity contribution in [3.05, 3.63) is 65.7 Å². The Balaban J connectivity index is 1.58. The van der Waals surface area contributed by atoms with Gasteiger partial charge in [0, 0.05) is 12.4 Å². The average molecular weight is 363 g/mol. The highest BCUT2D eigenvalue weighted by Gasteiger charge is 2.33. The largest absolute Gasteiger partial charge is 0.435 e. The SMILES string of the molecule is Cc1cccc(Cn2cc(NC(=O)Cn3ccc(C(F)(F)F)n3)cn2)c1. The lowest BCUT2D eigenvalue weighted by molar-refractivity contribution is -0.141. The van der Waals surface area contributed by atoms with E-state index in [1.54, 1.807) is 10.9 Å². The summed E-state index contributed by atoms with van der Waals surface area (Å²) in [6, 6.07) is 8.79. The molecule has 0 aliphatic carbocycles. The van der Waals surface area contributed by atoms with Crippen molar-refractivity contribution in [2.24, 2.45) is 0 Å². The fourth-order valence-corrected chi connectivity index (χ4v) is 2.46. The number of alkyl halides is 3. The summed E-state index contributed by atoms with van der Waals surface area (Å²) in [6.45, 7) is 2.22. The fourth-order valence-electron chi connectivity index (χ4n) is 2.46. The molecule has 1 N–H and O–H groups in total. The highest BCUT2D eigenvalue weighted by Crippen LogP contribution is 2.27. The number of rotatable bonds is 5. The Morgan fingerprint density at radius 3 is 2.73 bits per heavy atom. The molecule has 26 heavy (non-hydrogen) atoms. The van der Waals surface area contributed by atoms with Gasteiger partial charge in [-0.3, -0.25) is 14.2 Å². The van der Waals surface area contributed by atoms with Gasteiger partial charge >= 0.3 is 6.18 Å². The first kappa shape index (κ1) is 17.7. The summed E-state index contributed by atoms with van der Waals surface area (Å²) in [5.41, 5.74) is 1.64. The Morgan fingerprint density at radius 2 is 2.04 bits per heavy atom. The Labute approximate surface area is 147 Å². The van der Waals surface area contributed by atoms with Crippen molar-refractivity contribution < 1.29 is 18.0 Å². The average Bonchev–Trinajstić information content (AvgIpc) is 3.16. The predicted molar refractivity (Wildman–Crippen MR) is 88.4 cm³/mol. The summed E-state index contributed by atoms with van der Waals surface area (Å²) in [6.07, 6.45) is -0.273. The summed E-state index contributed by atoms with van der Waals surface area (Å²) in [5.74, 6) is -0.489. The third kappa shape index (κ3) is 4.50. The molecule has 136 valence electrons. The van der Waals surface area contributed by atoms with E-state index in [9.17, 15) is 18.0 Å². The standard InChI is InChI=1S/C17H16F3N5O/c1-12-3-2-4-13(7-12)9-25-10-14(8-21-25)22-16(26)11-24-6-5-15(23-24)17(18,19)20/h2-8,10H,9,11H2,1H3,(H,22,26). The van der Waals surface area contributed by atoms with Crippen LogP contribution in [0.25, 0.3) is 0 Å². The van der Waals surface area contributed by atoms with E-state index in [2.05, 4.69) is 15.5 Å². The molecule has 0 saturated heterocycles. The van der Waals surface area contributed by atoms with Crippen LogP contribution in [-0.4, -0.2) is 25.5 Å². The van der Waals surface area contributed by atoms with E-state index < -0.39 is 17.8 Å². The number of aromatic nitrogens is 4. The van der Waals surface area contributed by atoms with Crippen molar-refractivity contribution in [1.82, 2.24) is 19.6 Å². The zero-order valence-corrected chi connectivity index (χ0v) is 13.9. The molecule has 6 nitrogen and oxygen atoms in total. The lowest BCUT2D eigenvalue weighted by Crippen LogP contribution is -2.19. The molecular weight excluding hydrogens is 347 g/mol. The van der Waals surface area contributed by atoms with Gasteiger partial charge in [0.1, 0.15) is 6.54 Å². The number of anilines is 1. The number of benzene rings is 1. The van der Waals surface area contributed by atoms with Crippen LogP contribution in [0.1, 0.15) is 16.8 Å². The first-order valence-electron chi connectivity index (χ1n) is 7.78. The Morgan fingerprint density at radius 1 is 1.23 bits per heavy atom. The van der Waals surface area contributed by atoms with Crippen molar-refractivity contribution in [3.63, 3.8) is 0 Å². The van der Waals surface area contributed by atoms with Crippen molar-refractivity contribution in [3.8, 4) is 0 Å². The highest BCUT2D eigenvalue weighted by atomic mass is 19.4. The molecular formula is C17H16F3N5O. The summed E-state index contributed by atoms with van der Waals surface area (Å²) >= 11 is 0. The molecule has 3 rings (SSSR count). The van der Waals surface area contributed by atoms with Crippen LogP contribution in [0, 0.1) is 6.92 Å². The third-order valence-electron chi connectivity index (χ3n) is 3.58. The number of halogens is 3. The zero-order chi connectivity index (χ0) is 18.7. The molecule has 9 heteroatoms. The van der Waals surface area contributed by atoms with Crippen LogP contribution >= 0.6 is 0 Å². The maximum absolute atomic E-state index is 12.5. The molecule has 0 aliphatic heterocycles. The molecule has 0 spiro atoms. The number of nitrogens with zero attached hydrogens (tertiary/aromatic N) is 4. The molecule has 0 aliphatic rings. The molecule has 0 saturated carbocycles. The number of carbonyl (C=O) groups is 1. The maximum atomic E-state index is 12.5. The summed E-state index contributed by atoms with van der Waals surface area (Å²) in [5, 5.41) is 10.1. The van der Waals surface area contributed by atoms with Crippen molar-refractivity contribution in [2.75, 3.05) is 5.32 Å². The Kier molecular flexibility index (Phi) is 4.79. The van der Waals surface area contributed by atoms with Crippen LogP contribution in [0.2, 0.25) is 0 Å². The number of hydrogen-bond donors (Lipinski definition) is 1. The molecule has 3 aromatic rings. The number of carbonyl (C=O) groups excluding carboxylic acids is 1. The number of hydrogen-bond acceptors (Lipinski definition) is 3. The van der Waals surface area contributed by atoms with Crippen LogP contribution in [0.15, 0.2) is 48.9 Å². The highest BCUT2D eigenvalue weighted by molar-refractivity contribution is 5.90. The Hall–Kier alpha value is -3.10. The van der Waals surface area contributed by atoms with E-state index in [1.807, 2.05) is 31.2 Å². The van der Waals surface area contributed by atoms with Gasteiger partial charge in [0.05, 0.1) is 18.4 Å². The minimum Gasteiger partial charge on any atom is -0.322 e. The lowest BCUT2D eigenvalue weighted by Gasteiger charge is -2.04. The van der Waals surface area contributed by atoms with Crippen molar-refractivity contribution in [1.29, 1.82) is 0 Å².